The van der Waals surface area contributed by atoms with Crippen LogP contribution in [0.5, 0.6) is 0 Å². The van der Waals surface area contributed by atoms with E-state index in [2.05, 4.69) is 16.3 Å². The van der Waals surface area contributed by atoms with Gasteiger partial charge in [0, 0.05) is 37.2 Å². The molecule has 0 amide bonds. The van der Waals surface area contributed by atoms with Crippen LogP contribution in [0, 0.1) is 5.92 Å². The number of halogens is 1. The second kappa shape index (κ2) is 7.65. The van der Waals surface area contributed by atoms with Crippen molar-refractivity contribution in [3.8, 4) is 0 Å². The lowest BCUT2D eigenvalue weighted by Gasteiger charge is -2.31. The maximum atomic E-state index is 11.0. The highest BCUT2D eigenvalue weighted by Gasteiger charge is 2.25. The van der Waals surface area contributed by atoms with Crippen molar-refractivity contribution < 1.29 is 9.90 Å². The number of rotatable bonds is 5. The Labute approximate surface area is 142 Å². The fraction of sp³-hybridized carbons (Fsp3) is 0.611. The molecule has 1 aromatic carbocycles. The van der Waals surface area contributed by atoms with Gasteiger partial charge in [0.05, 0.1) is 5.92 Å². The third-order valence-electron chi connectivity index (χ3n) is 5.23. The molecule has 1 saturated carbocycles. The van der Waals surface area contributed by atoms with Gasteiger partial charge in [0.1, 0.15) is 0 Å². The Morgan fingerprint density at radius 3 is 2.83 bits per heavy atom. The average molecular weight is 337 g/mol. The van der Waals surface area contributed by atoms with E-state index in [0.717, 1.165) is 63.3 Å². The smallest absolute Gasteiger partial charge is 0.306 e. The van der Waals surface area contributed by atoms with E-state index in [0.29, 0.717) is 6.04 Å². The third-order valence-corrected chi connectivity index (χ3v) is 5.58. The first-order valence-corrected chi connectivity index (χ1v) is 8.96. The molecule has 0 radical (unpaired) electrons. The number of aliphatic carboxylic acids is 1. The second-order valence-corrected chi connectivity index (χ2v) is 7.15. The van der Waals surface area contributed by atoms with Crippen LogP contribution in [0.1, 0.15) is 36.8 Å². The topological polar surface area (TPSA) is 52.6 Å². The molecule has 0 bridgehead atoms. The Morgan fingerprint density at radius 2 is 2.09 bits per heavy atom. The van der Waals surface area contributed by atoms with E-state index >= 15 is 0 Å². The minimum atomic E-state index is -0.630. The van der Waals surface area contributed by atoms with Gasteiger partial charge in [-0.3, -0.25) is 9.69 Å². The molecule has 0 spiro atoms. The predicted molar refractivity (Wildman–Crippen MR) is 91.8 cm³/mol. The van der Waals surface area contributed by atoms with Gasteiger partial charge in [-0.05, 0) is 49.3 Å². The van der Waals surface area contributed by atoms with E-state index < -0.39 is 5.97 Å². The Kier molecular flexibility index (Phi) is 5.57. The quantitative estimate of drug-likeness (QED) is 0.868. The number of carboxylic acid groups (broad SMARTS) is 1. The zero-order valence-corrected chi connectivity index (χ0v) is 14.2. The van der Waals surface area contributed by atoms with Crippen molar-refractivity contribution in [3.05, 3.63) is 34.3 Å². The SMILES string of the molecule is O=C(O)C1CCC(NCCN2CCc3c(Cl)cccc3C2)CC1. The average Bonchev–Trinajstić information content (AvgIpc) is 2.55. The van der Waals surface area contributed by atoms with Crippen LogP contribution in [0.3, 0.4) is 0 Å². The molecule has 4 nitrogen and oxygen atoms in total. The number of carboxylic acids is 1. The normalized spacial score (nSPS) is 25.1. The van der Waals surface area contributed by atoms with Gasteiger partial charge >= 0.3 is 5.97 Å². The highest BCUT2D eigenvalue weighted by atomic mass is 35.5. The zero-order chi connectivity index (χ0) is 16.2. The van der Waals surface area contributed by atoms with Gasteiger partial charge in [0.15, 0.2) is 0 Å². The van der Waals surface area contributed by atoms with Gasteiger partial charge < -0.3 is 10.4 Å². The van der Waals surface area contributed by atoms with Crippen LogP contribution in [0.25, 0.3) is 0 Å². The van der Waals surface area contributed by atoms with Crippen molar-refractivity contribution in [2.75, 3.05) is 19.6 Å². The molecule has 5 heteroatoms. The van der Waals surface area contributed by atoms with Gasteiger partial charge in [0.25, 0.3) is 0 Å². The zero-order valence-electron chi connectivity index (χ0n) is 13.4. The van der Waals surface area contributed by atoms with Crippen LogP contribution in [0.2, 0.25) is 5.02 Å². The highest BCUT2D eigenvalue weighted by Crippen LogP contribution is 2.26. The molecule has 3 rings (SSSR count). The summed E-state index contributed by atoms with van der Waals surface area (Å²) < 4.78 is 0. The molecule has 1 heterocycles. The van der Waals surface area contributed by atoms with Crippen LogP contribution in [0.15, 0.2) is 18.2 Å². The molecule has 23 heavy (non-hydrogen) atoms. The Bertz CT molecular complexity index is 556. The molecule has 2 aliphatic rings. The van der Waals surface area contributed by atoms with Crippen molar-refractivity contribution in [1.29, 1.82) is 0 Å². The van der Waals surface area contributed by atoms with Crippen molar-refractivity contribution >= 4 is 17.6 Å². The standard InChI is InChI=1S/C18H25ClN2O2/c19-17-3-1-2-14-12-21(10-8-16(14)17)11-9-20-15-6-4-13(5-7-15)18(22)23/h1-3,13,15,20H,4-12H2,(H,22,23). The Hall–Kier alpha value is -1.10. The number of fused-ring (bicyclic) bond motifs is 1. The molecule has 0 saturated heterocycles. The number of nitrogens with one attached hydrogen (secondary N) is 1. The number of carbonyl (C=O) groups is 1. The fourth-order valence-corrected chi connectivity index (χ4v) is 4.07. The van der Waals surface area contributed by atoms with Crippen LogP contribution < -0.4 is 5.32 Å². The summed E-state index contributed by atoms with van der Waals surface area (Å²) in [6.07, 6.45) is 4.61. The monoisotopic (exact) mass is 336 g/mol. The minimum Gasteiger partial charge on any atom is -0.481 e. The summed E-state index contributed by atoms with van der Waals surface area (Å²) in [5, 5.41) is 13.5. The molecular weight excluding hydrogens is 312 g/mol. The van der Waals surface area contributed by atoms with Crippen molar-refractivity contribution in [2.45, 2.75) is 44.7 Å². The van der Waals surface area contributed by atoms with Crippen LogP contribution in [-0.4, -0.2) is 41.7 Å². The van der Waals surface area contributed by atoms with Crippen LogP contribution in [0.4, 0.5) is 0 Å². The summed E-state index contributed by atoms with van der Waals surface area (Å²) in [5.74, 6) is -0.759. The minimum absolute atomic E-state index is 0.128. The summed E-state index contributed by atoms with van der Waals surface area (Å²) in [6.45, 7) is 4.04. The molecule has 1 aliphatic carbocycles. The van der Waals surface area contributed by atoms with E-state index in [1.165, 1.54) is 11.1 Å². The number of benzene rings is 1. The van der Waals surface area contributed by atoms with Gasteiger partial charge in [-0.2, -0.15) is 0 Å². The van der Waals surface area contributed by atoms with Gasteiger partial charge in [0.2, 0.25) is 0 Å². The van der Waals surface area contributed by atoms with E-state index in [-0.39, 0.29) is 5.92 Å². The van der Waals surface area contributed by atoms with E-state index in [9.17, 15) is 4.79 Å². The molecule has 0 aromatic heterocycles. The first-order chi connectivity index (χ1) is 11.1. The van der Waals surface area contributed by atoms with Crippen LogP contribution in [-0.2, 0) is 17.8 Å². The largest absolute Gasteiger partial charge is 0.481 e. The second-order valence-electron chi connectivity index (χ2n) is 6.74. The summed E-state index contributed by atoms with van der Waals surface area (Å²) >= 11 is 6.26. The Morgan fingerprint density at radius 1 is 1.30 bits per heavy atom. The van der Waals surface area contributed by atoms with Crippen molar-refractivity contribution in [2.24, 2.45) is 5.92 Å². The van der Waals surface area contributed by atoms with Gasteiger partial charge in [-0.25, -0.2) is 0 Å². The van der Waals surface area contributed by atoms with E-state index in [1.807, 2.05) is 12.1 Å². The summed E-state index contributed by atoms with van der Waals surface area (Å²) in [7, 11) is 0. The summed E-state index contributed by atoms with van der Waals surface area (Å²) in [5.41, 5.74) is 2.66. The number of nitrogens with zero attached hydrogens (tertiary/aromatic N) is 1. The third kappa shape index (κ3) is 4.25. The molecule has 1 aliphatic heterocycles. The maximum Gasteiger partial charge on any atom is 0.306 e. The van der Waals surface area contributed by atoms with Gasteiger partial charge in [-0.1, -0.05) is 23.7 Å². The fourth-order valence-electron chi connectivity index (χ4n) is 3.78. The Balaban J connectivity index is 1.40. The van der Waals surface area contributed by atoms with E-state index in [1.54, 1.807) is 0 Å². The first kappa shape index (κ1) is 16.7. The number of hydrogen-bond acceptors (Lipinski definition) is 3. The molecule has 1 fully saturated rings. The first-order valence-electron chi connectivity index (χ1n) is 8.58. The lowest BCUT2D eigenvalue weighted by molar-refractivity contribution is -0.142. The molecule has 2 N–H and O–H groups in total. The lowest BCUT2D eigenvalue weighted by atomic mass is 9.86. The lowest BCUT2D eigenvalue weighted by Crippen LogP contribution is -2.41. The molecule has 1 aromatic rings. The molecular formula is C18H25ClN2O2. The summed E-state index contributed by atoms with van der Waals surface area (Å²) in [4.78, 5) is 13.4. The van der Waals surface area contributed by atoms with Gasteiger partial charge in [-0.15, -0.1) is 0 Å². The maximum absolute atomic E-state index is 11.0. The molecule has 126 valence electrons. The molecule has 0 atom stereocenters. The van der Waals surface area contributed by atoms with E-state index in [4.69, 9.17) is 16.7 Å². The highest BCUT2D eigenvalue weighted by molar-refractivity contribution is 6.31. The molecule has 0 unspecified atom stereocenters. The van der Waals surface area contributed by atoms with Crippen molar-refractivity contribution in [3.63, 3.8) is 0 Å². The summed E-state index contributed by atoms with van der Waals surface area (Å²) in [6, 6.07) is 6.67. The van der Waals surface area contributed by atoms with Crippen LogP contribution >= 0.6 is 11.6 Å². The predicted octanol–water partition coefficient (Wildman–Crippen LogP) is 2.93. The van der Waals surface area contributed by atoms with Crippen molar-refractivity contribution in [1.82, 2.24) is 10.2 Å². The number of hydrogen-bond donors (Lipinski definition) is 2.